The molecule has 2 saturated carbocycles. The molecule has 6 nitrogen and oxygen atoms in total. The number of fused-ring (bicyclic) bond motifs is 2. The molecule has 0 radical (unpaired) electrons. The largest absolute Gasteiger partial charge is 0.443 e. The van der Waals surface area contributed by atoms with Gasteiger partial charge in [0.1, 0.15) is 5.60 Å². The summed E-state index contributed by atoms with van der Waals surface area (Å²) < 4.78 is 5.88. The van der Waals surface area contributed by atoms with Gasteiger partial charge in [-0.15, -0.1) is 0 Å². The zero-order valence-corrected chi connectivity index (χ0v) is 14.0. The second-order valence-corrected chi connectivity index (χ2v) is 7.18. The Kier molecular flexibility index (Phi) is 4.73. The maximum atomic E-state index is 12.3. The lowest BCUT2D eigenvalue weighted by atomic mass is 9.64. The van der Waals surface area contributed by atoms with E-state index in [0.29, 0.717) is 17.5 Å². The van der Waals surface area contributed by atoms with Gasteiger partial charge < -0.3 is 4.74 Å². The number of carbonyl (C=O) groups is 1. The summed E-state index contributed by atoms with van der Waals surface area (Å²) in [6, 6.07) is 5.80. The Bertz CT molecular complexity index is 616. The summed E-state index contributed by atoms with van der Waals surface area (Å²) in [7, 11) is 0. The van der Waals surface area contributed by atoms with Crippen LogP contribution in [0.25, 0.3) is 0 Å². The summed E-state index contributed by atoms with van der Waals surface area (Å²) in [5.74, 6) is 1.31. The van der Waals surface area contributed by atoms with E-state index >= 15 is 0 Å². The topological polar surface area (TPSA) is 81.5 Å². The van der Waals surface area contributed by atoms with E-state index in [-0.39, 0.29) is 11.3 Å². The lowest BCUT2D eigenvalue weighted by molar-refractivity contribution is -0.384. The SMILES string of the molecule is CCC1CC2CCCC(OC(=O)Nc3ccc([N+](=O)[O-])cc3)(C1)C2. The number of amides is 1. The molecule has 6 heteroatoms. The summed E-state index contributed by atoms with van der Waals surface area (Å²) >= 11 is 0. The molecular formula is C18H24N2O4. The molecule has 0 heterocycles. The number of non-ortho nitro benzene ring substituents is 1. The lowest BCUT2D eigenvalue weighted by Crippen LogP contribution is -2.46. The van der Waals surface area contributed by atoms with E-state index in [0.717, 1.165) is 32.1 Å². The number of hydrogen-bond donors (Lipinski definition) is 1. The highest BCUT2D eigenvalue weighted by Gasteiger charge is 2.45. The third-order valence-electron chi connectivity index (χ3n) is 5.44. The fourth-order valence-electron chi connectivity index (χ4n) is 4.36. The van der Waals surface area contributed by atoms with Crippen molar-refractivity contribution in [3.63, 3.8) is 0 Å². The third-order valence-corrected chi connectivity index (χ3v) is 5.44. The first-order valence-electron chi connectivity index (χ1n) is 8.74. The minimum Gasteiger partial charge on any atom is -0.443 e. The number of benzene rings is 1. The van der Waals surface area contributed by atoms with Crippen molar-refractivity contribution in [1.82, 2.24) is 0 Å². The zero-order valence-electron chi connectivity index (χ0n) is 14.0. The Balaban J connectivity index is 1.64. The van der Waals surface area contributed by atoms with Crippen LogP contribution >= 0.6 is 0 Å². The van der Waals surface area contributed by atoms with Crippen LogP contribution in [0.4, 0.5) is 16.2 Å². The van der Waals surface area contributed by atoms with Crippen LogP contribution in [-0.2, 0) is 4.74 Å². The highest BCUT2D eigenvalue weighted by Crippen LogP contribution is 2.48. The van der Waals surface area contributed by atoms with Crippen LogP contribution in [0.1, 0.15) is 51.9 Å². The van der Waals surface area contributed by atoms with Crippen molar-refractivity contribution in [1.29, 1.82) is 0 Å². The van der Waals surface area contributed by atoms with Crippen molar-refractivity contribution < 1.29 is 14.5 Å². The molecule has 3 unspecified atom stereocenters. The molecule has 130 valence electrons. The molecule has 0 saturated heterocycles. The average Bonchev–Trinajstić information content (AvgIpc) is 2.54. The van der Waals surface area contributed by atoms with Crippen LogP contribution in [0, 0.1) is 22.0 Å². The number of anilines is 1. The number of rotatable bonds is 4. The summed E-state index contributed by atoms with van der Waals surface area (Å²) in [6.07, 6.45) is 7.15. The molecular weight excluding hydrogens is 308 g/mol. The van der Waals surface area contributed by atoms with Gasteiger partial charge in [-0.2, -0.15) is 0 Å². The van der Waals surface area contributed by atoms with E-state index in [9.17, 15) is 14.9 Å². The van der Waals surface area contributed by atoms with Crippen LogP contribution in [0.2, 0.25) is 0 Å². The molecule has 3 rings (SSSR count). The van der Waals surface area contributed by atoms with Crippen molar-refractivity contribution in [2.45, 2.75) is 57.5 Å². The smallest absolute Gasteiger partial charge is 0.412 e. The van der Waals surface area contributed by atoms with Gasteiger partial charge in [0.25, 0.3) is 5.69 Å². The molecule has 1 aromatic rings. The van der Waals surface area contributed by atoms with Crippen LogP contribution in [0.3, 0.4) is 0 Å². The lowest BCUT2D eigenvalue weighted by Gasteiger charge is -2.47. The predicted octanol–water partition coefficient (Wildman–Crippen LogP) is 4.89. The van der Waals surface area contributed by atoms with E-state index in [1.165, 1.54) is 37.1 Å². The molecule has 24 heavy (non-hydrogen) atoms. The van der Waals surface area contributed by atoms with Gasteiger partial charge in [0.2, 0.25) is 0 Å². The van der Waals surface area contributed by atoms with Crippen LogP contribution < -0.4 is 5.32 Å². The number of nitrogens with zero attached hydrogens (tertiary/aromatic N) is 1. The minimum atomic E-state index is -0.462. The van der Waals surface area contributed by atoms with Gasteiger partial charge in [-0.3, -0.25) is 15.4 Å². The van der Waals surface area contributed by atoms with E-state index in [4.69, 9.17) is 4.74 Å². The molecule has 1 N–H and O–H groups in total. The fraction of sp³-hybridized carbons (Fsp3) is 0.611. The molecule has 1 aromatic carbocycles. The van der Waals surface area contributed by atoms with E-state index in [2.05, 4.69) is 12.2 Å². The Morgan fingerprint density at radius 3 is 2.79 bits per heavy atom. The van der Waals surface area contributed by atoms with Gasteiger partial charge in [-0.05, 0) is 56.1 Å². The standard InChI is InChI=1S/C18H24N2O4/c1-2-13-10-14-4-3-9-18(11-13,12-14)24-17(21)19-15-5-7-16(8-6-15)20(22)23/h5-8,13-14H,2-4,9-12H2,1H3,(H,19,21). The molecule has 0 aliphatic heterocycles. The van der Waals surface area contributed by atoms with E-state index in [1.54, 1.807) is 0 Å². The van der Waals surface area contributed by atoms with Crippen LogP contribution in [0.5, 0.6) is 0 Å². The Labute approximate surface area is 141 Å². The predicted molar refractivity (Wildman–Crippen MR) is 90.9 cm³/mol. The van der Waals surface area contributed by atoms with Crippen molar-refractivity contribution in [3.05, 3.63) is 34.4 Å². The fourth-order valence-corrected chi connectivity index (χ4v) is 4.36. The molecule has 2 bridgehead atoms. The van der Waals surface area contributed by atoms with E-state index in [1.807, 2.05) is 0 Å². The normalized spacial score (nSPS) is 28.9. The molecule has 0 aromatic heterocycles. The maximum absolute atomic E-state index is 12.3. The monoisotopic (exact) mass is 332 g/mol. The number of nitro groups is 1. The summed E-state index contributed by atoms with van der Waals surface area (Å²) in [5, 5.41) is 13.4. The van der Waals surface area contributed by atoms with Crippen molar-refractivity contribution >= 4 is 17.5 Å². The molecule has 2 aliphatic rings. The molecule has 0 spiro atoms. The highest BCUT2D eigenvalue weighted by molar-refractivity contribution is 5.85. The van der Waals surface area contributed by atoms with Crippen LogP contribution in [-0.4, -0.2) is 16.6 Å². The second-order valence-electron chi connectivity index (χ2n) is 7.18. The van der Waals surface area contributed by atoms with Crippen molar-refractivity contribution in [3.8, 4) is 0 Å². The van der Waals surface area contributed by atoms with Gasteiger partial charge in [-0.25, -0.2) is 4.79 Å². The minimum absolute atomic E-state index is 0.000650. The Morgan fingerprint density at radius 1 is 1.38 bits per heavy atom. The first-order chi connectivity index (χ1) is 11.5. The quantitative estimate of drug-likeness (QED) is 0.628. The average molecular weight is 332 g/mol. The first kappa shape index (κ1) is 16.7. The van der Waals surface area contributed by atoms with Gasteiger partial charge in [0, 0.05) is 17.8 Å². The Morgan fingerprint density at radius 2 is 2.12 bits per heavy atom. The third kappa shape index (κ3) is 3.68. The number of nitro benzene ring substituents is 1. The van der Waals surface area contributed by atoms with Gasteiger partial charge in [-0.1, -0.05) is 19.8 Å². The summed E-state index contributed by atoms with van der Waals surface area (Å²) in [4.78, 5) is 22.5. The van der Waals surface area contributed by atoms with Gasteiger partial charge in [0.15, 0.2) is 0 Å². The molecule has 2 aliphatic carbocycles. The molecule has 3 atom stereocenters. The van der Waals surface area contributed by atoms with Gasteiger partial charge >= 0.3 is 6.09 Å². The van der Waals surface area contributed by atoms with Gasteiger partial charge in [0.05, 0.1) is 4.92 Å². The number of nitrogens with one attached hydrogen (secondary N) is 1. The summed E-state index contributed by atoms with van der Waals surface area (Å²) in [6.45, 7) is 2.20. The Hall–Kier alpha value is -2.11. The zero-order chi connectivity index (χ0) is 17.2. The van der Waals surface area contributed by atoms with Crippen LogP contribution in [0.15, 0.2) is 24.3 Å². The number of hydrogen-bond acceptors (Lipinski definition) is 4. The molecule has 2 fully saturated rings. The second kappa shape index (κ2) is 6.79. The number of carbonyl (C=O) groups excluding carboxylic acids is 1. The summed E-state index contributed by atoms with van der Waals surface area (Å²) in [5.41, 5.74) is 0.185. The highest BCUT2D eigenvalue weighted by atomic mass is 16.6. The maximum Gasteiger partial charge on any atom is 0.412 e. The van der Waals surface area contributed by atoms with Crippen molar-refractivity contribution in [2.75, 3.05) is 5.32 Å². The molecule has 1 amide bonds. The number of ether oxygens (including phenoxy) is 1. The van der Waals surface area contributed by atoms with E-state index < -0.39 is 11.0 Å². The first-order valence-corrected chi connectivity index (χ1v) is 8.74. The van der Waals surface area contributed by atoms with Crippen molar-refractivity contribution in [2.24, 2.45) is 11.8 Å².